The van der Waals surface area contributed by atoms with Gasteiger partial charge in [0.05, 0.1) is 35.5 Å². The Morgan fingerprint density at radius 3 is 1.02 bits per heavy atom. The predicted octanol–water partition coefficient (Wildman–Crippen LogP) is 9.13. The van der Waals surface area contributed by atoms with Gasteiger partial charge in [0.15, 0.2) is 12.2 Å². The quantitative estimate of drug-likeness (QED) is 0.0875. The first-order valence-electron chi connectivity index (χ1n) is 19.9. The molecule has 0 spiro atoms. The summed E-state index contributed by atoms with van der Waals surface area (Å²) in [5.74, 6) is -1.05. The molecular weight excluding hydrogens is 761 g/mol. The number of carbonyl (C=O) groups excluding carboxylic acids is 4. The topological polar surface area (TPSA) is 124 Å². The zero-order valence-corrected chi connectivity index (χ0v) is 33.1. The summed E-state index contributed by atoms with van der Waals surface area (Å²) >= 11 is 0. The fourth-order valence-electron chi connectivity index (χ4n) is 7.16. The Kier molecular flexibility index (Phi) is 11.9. The fourth-order valence-corrected chi connectivity index (χ4v) is 7.16. The summed E-state index contributed by atoms with van der Waals surface area (Å²) in [6, 6.07) is 43.0. The minimum atomic E-state index is -0.674. The van der Waals surface area contributed by atoms with E-state index in [-0.39, 0.29) is 13.2 Å². The zero-order chi connectivity index (χ0) is 41.6. The Hall–Kier alpha value is -6.88. The van der Waals surface area contributed by atoms with Crippen molar-refractivity contribution in [3.8, 4) is 33.8 Å². The Labute approximate surface area is 347 Å². The number of hydrogen-bond donors (Lipinski definition) is 0. The van der Waals surface area contributed by atoms with Gasteiger partial charge in [-0.1, -0.05) is 86.6 Å². The van der Waals surface area contributed by atoms with E-state index in [9.17, 15) is 19.2 Å². The van der Waals surface area contributed by atoms with Crippen molar-refractivity contribution in [1.82, 2.24) is 0 Å². The first-order chi connectivity index (χ1) is 29.2. The van der Waals surface area contributed by atoms with Crippen LogP contribution < -0.4 is 9.47 Å². The van der Waals surface area contributed by atoms with E-state index in [0.717, 1.165) is 46.2 Å². The second kappa shape index (κ2) is 17.9. The third-order valence-electron chi connectivity index (χ3n) is 10.7. The number of hydrogen-bond acceptors (Lipinski definition) is 10. The van der Waals surface area contributed by atoms with Crippen LogP contribution in [-0.4, -0.2) is 61.5 Å². The molecule has 2 aliphatic heterocycles. The molecule has 6 aromatic carbocycles. The highest BCUT2D eigenvalue weighted by Crippen LogP contribution is 2.32. The average molecular weight is 803 g/mol. The van der Waals surface area contributed by atoms with Crippen LogP contribution in [0.2, 0.25) is 0 Å². The molecule has 0 bridgehead atoms. The molecular formula is C50H42O10. The first-order valence-corrected chi connectivity index (χ1v) is 19.9. The Morgan fingerprint density at radius 1 is 0.417 bits per heavy atom. The van der Waals surface area contributed by atoms with Crippen molar-refractivity contribution in [3.05, 3.63) is 179 Å². The summed E-state index contributed by atoms with van der Waals surface area (Å²) < 4.78 is 34.5. The molecule has 10 nitrogen and oxygen atoms in total. The summed E-state index contributed by atoms with van der Waals surface area (Å²) in [7, 11) is 0. The van der Waals surface area contributed by atoms with Crippen molar-refractivity contribution < 1.29 is 47.6 Å². The maximum atomic E-state index is 13.2. The molecule has 8 rings (SSSR count). The van der Waals surface area contributed by atoms with E-state index in [1.54, 1.807) is 72.8 Å². The minimum absolute atomic E-state index is 0.104. The van der Waals surface area contributed by atoms with E-state index >= 15 is 0 Å². The molecule has 0 amide bonds. The van der Waals surface area contributed by atoms with Crippen LogP contribution in [0.1, 0.15) is 66.4 Å². The van der Waals surface area contributed by atoms with Gasteiger partial charge in [-0.2, -0.15) is 0 Å². The molecule has 2 fully saturated rings. The third kappa shape index (κ3) is 9.05. The van der Waals surface area contributed by atoms with Crippen LogP contribution in [0.3, 0.4) is 0 Å². The molecule has 4 unspecified atom stereocenters. The highest BCUT2D eigenvalue weighted by Gasteiger charge is 2.51. The smallest absolute Gasteiger partial charge is 0.343 e. The van der Waals surface area contributed by atoms with E-state index < -0.39 is 48.3 Å². The molecule has 4 atom stereocenters. The summed E-state index contributed by atoms with van der Waals surface area (Å²) in [6.07, 6.45) is -0.729. The SMILES string of the molecule is CCc1ccc(C(=O)Oc2ccc(-c3ccc(C(=O)OC4COC5C(OC(=O)c6ccc(-c7ccc(OC(=O)c8ccc(CC)cc8)cc7)cc6)COC45)cc3)cc2)cc1. The van der Waals surface area contributed by atoms with E-state index in [4.69, 9.17) is 28.4 Å². The molecule has 6 aromatic rings. The summed E-state index contributed by atoms with van der Waals surface area (Å²) in [6.45, 7) is 4.32. The average Bonchev–Trinajstić information content (AvgIpc) is 3.89. The molecule has 0 saturated carbocycles. The number of aryl methyl sites for hydroxylation is 2. The maximum absolute atomic E-state index is 13.2. The van der Waals surface area contributed by atoms with Gasteiger partial charge < -0.3 is 28.4 Å². The van der Waals surface area contributed by atoms with Gasteiger partial charge in [-0.05, 0) is 119 Å². The van der Waals surface area contributed by atoms with Crippen LogP contribution in [0.15, 0.2) is 146 Å². The van der Waals surface area contributed by atoms with Crippen molar-refractivity contribution in [3.63, 3.8) is 0 Å². The maximum Gasteiger partial charge on any atom is 0.343 e. The van der Waals surface area contributed by atoms with Gasteiger partial charge in [0.25, 0.3) is 0 Å². The van der Waals surface area contributed by atoms with Gasteiger partial charge in [0.1, 0.15) is 23.7 Å². The molecule has 0 aliphatic carbocycles. The number of fused-ring (bicyclic) bond motifs is 1. The van der Waals surface area contributed by atoms with E-state index in [1.807, 2.05) is 72.8 Å². The minimum Gasteiger partial charge on any atom is -0.453 e. The zero-order valence-electron chi connectivity index (χ0n) is 33.1. The lowest BCUT2D eigenvalue weighted by Crippen LogP contribution is -2.36. The molecule has 0 N–H and O–H groups in total. The van der Waals surface area contributed by atoms with E-state index in [2.05, 4.69) is 13.8 Å². The van der Waals surface area contributed by atoms with E-state index in [1.165, 1.54) is 0 Å². The number of ether oxygens (including phenoxy) is 6. The van der Waals surface area contributed by atoms with Crippen LogP contribution in [-0.2, 0) is 31.8 Å². The van der Waals surface area contributed by atoms with E-state index in [0.29, 0.717) is 33.8 Å². The molecule has 2 saturated heterocycles. The Balaban J connectivity index is 0.801. The lowest BCUT2D eigenvalue weighted by molar-refractivity contribution is -0.0287. The second-order valence-electron chi connectivity index (χ2n) is 14.6. The fraction of sp³-hybridized carbons (Fsp3) is 0.200. The van der Waals surface area contributed by atoms with Crippen molar-refractivity contribution in [1.29, 1.82) is 0 Å². The van der Waals surface area contributed by atoms with Crippen molar-refractivity contribution in [2.24, 2.45) is 0 Å². The Morgan fingerprint density at radius 2 is 0.700 bits per heavy atom. The standard InChI is InChI=1S/C50H42O10/c1-3-31-5-9-37(10-6-31)47(51)57-41-25-21-35(22-26-41)33-13-17-39(18-14-33)49(53)59-43-29-55-46-44(30-56-45(43)46)60-50(54)40-19-15-34(16-20-40)36-23-27-42(28-24-36)58-48(52)38-11-7-32(4-2)8-12-38/h5-28,43-46H,3-4,29-30H2,1-2H3. The molecule has 2 aliphatic rings. The lowest BCUT2D eigenvalue weighted by atomic mass is 10.0. The number of rotatable bonds is 12. The molecule has 10 heteroatoms. The Bertz CT molecular complexity index is 2280. The lowest BCUT2D eigenvalue weighted by Gasteiger charge is -2.17. The number of benzene rings is 6. The molecule has 0 aromatic heterocycles. The summed E-state index contributed by atoms with van der Waals surface area (Å²) in [5, 5.41) is 0. The van der Waals surface area contributed by atoms with Crippen LogP contribution >= 0.6 is 0 Å². The summed E-state index contributed by atoms with van der Waals surface area (Å²) in [4.78, 5) is 51.4. The number of carbonyl (C=O) groups is 4. The van der Waals surface area contributed by atoms with Crippen LogP contribution in [0.25, 0.3) is 22.3 Å². The highest BCUT2D eigenvalue weighted by molar-refractivity contribution is 5.93. The van der Waals surface area contributed by atoms with Crippen LogP contribution in [0.5, 0.6) is 11.5 Å². The molecule has 0 radical (unpaired) electrons. The van der Waals surface area contributed by atoms with Crippen LogP contribution in [0, 0.1) is 0 Å². The molecule has 60 heavy (non-hydrogen) atoms. The van der Waals surface area contributed by atoms with Crippen molar-refractivity contribution >= 4 is 23.9 Å². The predicted molar refractivity (Wildman–Crippen MR) is 223 cm³/mol. The monoisotopic (exact) mass is 802 g/mol. The van der Waals surface area contributed by atoms with Gasteiger partial charge in [-0.25, -0.2) is 19.2 Å². The van der Waals surface area contributed by atoms with Gasteiger partial charge in [-0.15, -0.1) is 0 Å². The second-order valence-corrected chi connectivity index (χ2v) is 14.6. The van der Waals surface area contributed by atoms with Gasteiger partial charge in [-0.3, -0.25) is 0 Å². The van der Waals surface area contributed by atoms with Gasteiger partial charge in [0.2, 0.25) is 0 Å². The van der Waals surface area contributed by atoms with Gasteiger partial charge >= 0.3 is 23.9 Å². The largest absolute Gasteiger partial charge is 0.453 e. The number of esters is 4. The third-order valence-corrected chi connectivity index (χ3v) is 10.7. The summed E-state index contributed by atoms with van der Waals surface area (Å²) in [5.41, 5.74) is 7.47. The first kappa shape index (κ1) is 39.9. The molecule has 2 heterocycles. The van der Waals surface area contributed by atoms with Gasteiger partial charge in [0, 0.05) is 0 Å². The van der Waals surface area contributed by atoms with Crippen molar-refractivity contribution in [2.75, 3.05) is 13.2 Å². The normalized spacial score (nSPS) is 18.0. The van der Waals surface area contributed by atoms with Crippen molar-refractivity contribution in [2.45, 2.75) is 51.1 Å². The van der Waals surface area contributed by atoms with Crippen LogP contribution in [0.4, 0.5) is 0 Å². The highest BCUT2D eigenvalue weighted by atomic mass is 16.7. The molecule has 302 valence electrons.